The van der Waals surface area contributed by atoms with Crippen molar-refractivity contribution in [1.82, 2.24) is 15.4 Å². The highest BCUT2D eigenvalue weighted by Crippen LogP contribution is 2.30. The maximum absolute atomic E-state index is 10.2. The fourth-order valence-corrected chi connectivity index (χ4v) is 0.667. The van der Waals surface area contributed by atoms with Gasteiger partial charge in [-0.2, -0.15) is 0 Å². The van der Waals surface area contributed by atoms with Gasteiger partial charge in [0, 0.05) is 6.20 Å². The standard InChI is InChI=1S/C2H3N3O3P/c6-9(7,8)2-1-3-5-4-2/h1H,(H2-,3,4,5,6,7,8)/q-1. The van der Waals surface area contributed by atoms with Crippen molar-refractivity contribution in [2.24, 2.45) is 0 Å². The van der Waals surface area contributed by atoms with Crippen LogP contribution in [0.4, 0.5) is 0 Å². The van der Waals surface area contributed by atoms with Crippen molar-refractivity contribution in [3.63, 3.8) is 0 Å². The molecule has 0 aliphatic heterocycles. The van der Waals surface area contributed by atoms with E-state index in [1.165, 1.54) is 0 Å². The lowest BCUT2D eigenvalue weighted by Crippen LogP contribution is -2.04. The van der Waals surface area contributed by atoms with Crippen LogP contribution in [0.3, 0.4) is 0 Å². The number of aromatic nitrogens is 3. The molecule has 50 valence electrons. The minimum absolute atomic E-state index is 0.387. The van der Waals surface area contributed by atoms with Crippen LogP contribution in [0.2, 0.25) is 0 Å². The molecule has 6 nitrogen and oxygen atoms in total. The number of hydrogen-bond acceptors (Lipinski definition) is 3. The van der Waals surface area contributed by atoms with Gasteiger partial charge in [0.25, 0.3) is 0 Å². The van der Waals surface area contributed by atoms with Crippen molar-refractivity contribution in [2.45, 2.75) is 0 Å². The zero-order valence-corrected chi connectivity index (χ0v) is 5.06. The Balaban J connectivity index is 3.04. The van der Waals surface area contributed by atoms with Crippen LogP contribution in [0.5, 0.6) is 0 Å². The molecular weight excluding hydrogens is 145 g/mol. The average Bonchev–Trinajstić information content (AvgIpc) is 2.08. The summed E-state index contributed by atoms with van der Waals surface area (Å²) in [6.45, 7) is 0. The van der Waals surface area contributed by atoms with Gasteiger partial charge >= 0.3 is 7.60 Å². The molecule has 0 atom stereocenters. The minimum Gasteiger partial charge on any atom is -0.492 e. The first-order valence-corrected chi connectivity index (χ1v) is 3.59. The Hall–Kier alpha value is -0.710. The fraction of sp³-hybridized carbons (Fsp3) is 0. The third-order valence-electron chi connectivity index (χ3n) is 0.670. The predicted octanol–water partition coefficient (Wildman–Crippen LogP) is -1.76. The van der Waals surface area contributed by atoms with E-state index in [0.29, 0.717) is 0 Å². The van der Waals surface area contributed by atoms with Crippen molar-refractivity contribution in [3.05, 3.63) is 6.20 Å². The Morgan fingerprint density at radius 3 is 2.56 bits per heavy atom. The first-order valence-electron chi connectivity index (χ1n) is 1.98. The van der Waals surface area contributed by atoms with Gasteiger partial charge in [-0.15, -0.1) is 0 Å². The predicted molar refractivity (Wildman–Crippen MR) is 27.0 cm³/mol. The van der Waals surface area contributed by atoms with Crippen LogP contribution in [0.25, 0.3) is 0 Å². The highest BCUT2D eigenvalue weighted by Gasteiger charge is 2.16. The molecule has 0 saturated carbocycles. The molecule has 1 heterocycles. The molecule has 0 unspecified atom stereocenters. The van der Waals surface area contributed by atoms with E-state index in [2.05, 4.69) is 15.4 Å². The van der Waals surface area contributed by atoms with E-state index in [-0.39, 0.29) is 5.44 Å². The maximum atomic E-state index is 10.2. The molecule has 0 bridgehead atoms. The Morgan fingerprint density at radius 1 is 1.67 bits per heavy atom. The highest BCUT2D eigenvalue weighted by atomic mass is 31.2. The smallest absolute Gasteiger partial charge is 0.374 e. The van der Waals surface area contributed by atoms with Crippen molar-refractivity contribution in [2.75, 3.05) is 0 Å². The van der Waals surface area contributed by atoms with E-state index in [1.54, 1.807) is 0 Å². The molecule has 0 amide bonds. The topological polar surface area (TPSA) is 97.4 Å². The Labute approximate surface area is 50.1 Å². The summed E-state index contributed by atoms with van der Waals surface area (Å²) in [4.78, 5) is 16.7. The van der Waals surface area contributed by atoms with Crippen LogP contribution in [-0.2, 0) is 4.57 Å². The van der Waals surface area contributed by atoms with Gasteiger partial charge < -0.3 is 25.2 Å². The van der Waals surface area contributed by atoms with Crippen LogP contribution in [0.15, 0.2) is 6.20 Å². The van der Waals surface area contributed by atoms with E-state index >= 15 is 0 Å². The molecule has 0 aliphatic carbocycles. The van der Waals surface area contributed by atoms with E-state index in [4.69, 9.17) is 9.79 Å². The van der Waals surface area contributed by atoms with Crippen molar-refractivity contribution < 1.29 is 14.4 Å². The Bertz CT molecular complexity index is 225. The van der Waals surface area contributed by atoms with E-state index in [9.17, 15) is 4.57 Å². The lowest BCUT2D eigenvalue weighted by atomic mass is 11.0. The molecule has 2 N–H and O–H groups in total. The first kappa shape index (κ1) is 6.41. The summed E-state index contributed by atoms with van der Waals surface area (Å²) in [5.74, 6) is 0. The van der Waals surface area contributed by atoms with Gasteiger partial charge in [0.2, 0.25) is 0 Å². The molecule has 1 rings (SSSR count). The largest absolute Gasteiger partial charge is 0.492 e. The van der Waals surface area contributed by atoms with Gasteiger partial charge in [-0.1, -0.05) is 0 Å². The zero-order valence-electron chi connectivity index (χ0n) is 4.17. The lowest BCUT2D eigenvalue weighted by molar-refractivity contribution is 0.386. The molecule has 0 aromatic carbocycles. The average molecular weight is 148 g/mol. The third-order valence-corrected chi connectivity index (χ3v) is 1.47. The second-order valence-electron chi connectivity index (χ2n) is 1.34. The van der Waals surface area contributed by atoms with E-state index in [0.717, 1.165) is 6.20 Å². The van der Waals surface area contributed by atoms with Gasteiger partial charge in [-0.05, 0) is 0 Å². The van der Waals surface area contributed by atoms with E-state index < -0.39 is 7.60 Å². The summed E-state index contributed by atoms with van der Waals surface area (Å²) in [7, 11) is -4.21. The molecule has 0 aliphatic rings. The van der Waals surface area contributed by atoms with Gasteiger partial charge in [0.15, 0.2) is 0 Å². The Morgan fingerprint density at radius 2 is 2.33 bits per heavy atom. The molecule has 1 aromatic rings. The first-order chi connectivity index (χ1) is 4.11. The summed E-state index contributed by atoms with van der Waals surface area (Å²) in [5.41, 5.74) is -0.387. The quantitative estimate of drug-likeness (QED) is 0.457. The molecule has 0 fully saturated rings. The SMILES string of the molecule is O=P(O)(O)c1cn[n-]n1. The number of hydrogen-bond donors (Lipinski definition) is 2. The maximum Gasteiger partial charge on any atom is 0.374 e. The van der Waals surface area contributed by atoms with Crippen molar-refractivity contribution in [3.8, 4) is 0 Å². The van der Waals surface area contributed by atoms with Gasteiger partial charge in [0.1, 0.15) is 5.44 Å². The summed E-state index contributed by atoms with van der Waals surface area (Å²) in [5, 5.41) is 9.19. The fourth-order valence-electron chi connectivity index (χ4n) is 0.308. The minimum atomic E-state index is -4.21. The zero-order chi connectivity index (χ0) is 6.91. The molecule has 0 radical (unpaired) electrons. The summed E-state index contributed by atoms with van der Waals surface area (Å²) < 4.78 is 10.2. The third kappa shape index (κ3) is 1.35. The Kier molecular flexibility index (Phi) is 1.36. The molecule has 7 heteroatoms. The molecule has 1 aromatic heterocycles. The van der Waals surface area contributed by atoms with Crippen LogP contribution in [0.1, 0.15) is 0 Å². The summed E-state index contributed by atoms with van der Waals surface area (Å²) in [6, 6.07) is 0. The highest BCUT2D eigenvalue weighted by molar-refractivity contribution is 7.59. The van der Waals surface area contributed by atoms with Crippen LogP contribution < -0.4 is 10.6 Å². The summed E-state index contributed by atoms with van der Waals surface area (Å²) in [6.07, 6.45) is 0.931. The number of rotatable bonds is 1. The molecule has 0 spiro atoms. The van der Waals surface area contributed by atoms with Gasteiger partial charge in [-0.3, -0.25) is 4.57 Å². The van der Waals surface area contributed by atoms with Crippen LogP contribution in [0, 0.1) is 0 Å². The molecule has 0 saturated heterocycles. The number of nitrogens with zero attached hydrogens (tertiary/aromatic N) is 3. The second-order valence-corrected chi connectivity index (χ2v) is 2.88. The monoisotopic (exact) mass is 148 g/mol. The molecular formula is C2H3N3O3P-. The van der Waals surface area contributed by atoms with Gasteiger partial charge in [-0.25, -0.2) is 0 Å². The summed E-state index contributed by atoms with van der Waals surface area (Å²) >= 11 is 0. The second kappa shape index (κ2) is 1.91. The van der Waals surface area contributed by atoms with E-state index in [1.807, 2.05) is 0 Å². The van der Waals surface area contributed by atoms with Crippen molar-refractivity contribution >= 4 is 13.0 Å². The molecule has 9 heavy (non-hydrogen) atoms. The van der Waals surface area contributed by atoms with Crippen molar-refractivity contribution in [1.29, 1.82) is 0 Å². The van der Waals surface area contributed by atoms with Crippen LogP contribution in [-0.4, -0.2) is 20.0 Å². The lowest BCUT2D eigenvalue weighted by Gasteiger charge is -1.96. The normalized spacial score (nSPS) is 11.8. The van der Waals surface area contributed by atoms with Crippen LogP contribution >= 0.6 is 7.60 Å². The van der Waals surface area contributed by atoms with Gasteiger partial charge in [0.05, 0.1) is 0 Å².